The van der Waals surface area contributed by atoms with Crippen LogP contribution in [0, 0.1) is 6.92 Å². The molecule has 0 radical (unpaired) electrons. The molecule has 0 aliphatic heterocycles. The van der Waals surface area contributed by atoms with Gasteiger partial charge in [-0.3, -0.25) is 0 Å². The first kappa shape index (κ1) is 8.57. The topological polar surface area (TPSA) is 46.2 Å². The summed E-state index contributed by atoms with van der Waals surface area (Å²) >= 11 is 0. The van der Waals surface area contributed by atoms with Gasteiger partial charge in [0.05, 0.1) is 0 Å². The monoisotopic (exact) mass is 177 g/mol. The van der Waals surface area contributed by atoms with Crippen molar-refractivity contribution in [3.8, 4) is 5.75 Å². The number of aryl methyl sites for hydroxylation is 1. The van der Waals surface area contributed by atoms with Gasteiger partial charge in [0, 0.05) is 12.1 Å². The molecular weight excluding hydrogens is 162 g/mol. The van der Waals surface area contributed by atoms with Gasteiger partial charge >= 0.3 is 0 Å². The molecule has 0 unspecified atom stereocenters. The van der Waals surface area contributed by atoms with Crippen molar-refractivity contribution < 1.29 is 5.11 Å². The number of phenols is 1. The zero-order valence-corrected chi connectivity index (χ0v) is 7.93. The number of hydrogen-bond acceptors (Lipinski definition) is 2. The van der Waals surface area contributed by atoms with Crippen molar-refractivity contribution in [2.45, 2.75) is 32.7 Å². The van der Waals surface area contributed by atoms with Gasteiger partial charge in [-0.25, -0.2) is 0 Å². The molecule has 0 amide bonds. The second kappa shape index (κ2) is 3.04. The molecule has 1 aliphatic carbocycles. The zero-order chi connectivity index (χ0) is 9.42. The lowest BCUT2D eigenvalue weighted by atomic mass is 9.99. The fourth-order valence-electron chi connectivity index (χ4n) is 2.21. The molecule has 0 saturated carbocycles. The van der Waals surface area contributed by atoms with Crippen LogP contribution in [0.1, 0.15) is 28.7 Å². The van der Waals surface area contributed by atoms with Crippen molar-refractivity contribution in [2.24, 2.45) is 5.73 Å². The highest BCUT2D eigenvalue weighted by atomic mass is 16.3. The van der Waals surface area contributed by atoms with Gasteiger partial charge in [0.15, 0.2) is 0 Å². The predicted octanol–water partition coefficient (Wildman–Crippen LogP) is 1.65. The summed E-state index contributed by atoms with van der Waals surface area (Å²) in [6.07, 6.45) is 3.28. The molecule has 3 N–H and O–H groups in total. The Morgan fingerprint density at radius 3 is 2.77 bits per heavy atom. The van der Waals surface area contributed by atoms with Gasteiger partial charge in [-0.15, -0.1) is 0 Å². The molecule has 0 bridgehead atoms. The first-order chi connectivity index (χ1) is 6.24. The van der Waals surface area contributed by atoms with E-state index in [0.29, 0.717) is 12.3 Å². The minimum Gasteiger partial charge on any atom is -0.507 e. The SMILES string of the molecule is Cc1cc(CN)c(O)c2c1CCC2. The molecule has 0 heterocycles. The minimum absolute atomic E-state index is 0.431. The summed E-state index contributed by atoms with van der Waals surface area (Å²) in [6.45, 7) is 2.53. The third-order valence-corrected chi connectivity index (χ3v) is 2.89. The third-order valence-electron chi connectivity index (χ3n) is 2.89. The fourth-order valence-corrected chi connectivity index (χ4v) is 2.21. The zero-order valence-electron chi connectivity index (χ0n) is 7.93. The van der Waals surface area contributed by atoms with Crippen LogP contribution in [0.15, 0.2) is 6.07 Å². The molecule has 13 heavy (non-hydrogen) atoms. The van der Waals surface area contributed by atoms with Gasteiger partial charge < -0.3 is 10.8 Å². The average molecular weight is 177 g/mol. The van der Waals surface area contributed by atoms with Crippen LogP contribution in [0.2, 0.25) is 0 Å². The van der Waals surface area contributed by atoms with Gasteiger partial charge in [-0.05, 0) is 42.9 Å². The van der Waals surface area contributed by atoms with E-state index in [1.165, 1.54) is 11.1 Å². The molecule has 0 saturated heterocycles. The molecule has 1 aliphatic rings. The smallest absolute Gasteiger partial charge is 0.123 e. The molecule has 0 atom stereocenters. The predicted molar refractivity (Wildman–Crippen MR) is 52.8 cm³/mol. The van der Waals surface area contributed by atoms with Gasteiger partial charge in [-0.2, -0.15) is 0 Å². The number of fused-ring (bicyclic) bond motifs is 1. The highest BCUT2D eigenvalue weighted by molar-refractivity contribution is 5.51. The number of aromatic hydroxyl groups is 1. The maximum absolute atomic E-state index is 9.85. The van der Waals surface area contributed by atoms with Crippen LogP contribution in [-0.2, 0) is 19.4 Å². The summed E-state index contributed by atoms with van der Waals surface area (Å²) in [4.78, 5) is 0. The van der Waals surface area contributed by atoms with Crippen molar-refractivity contribution in [1.29, 1.82) is 0 Å². The lowest BCUT2D eigenvalue weighted by Crippen LogP contribution is -2.00. The van der Waals surface area contributed by atoms with Gasteiger partial charge in [0.1, 0.15) is 5.75 Å². The average Bonchev–Trinajstić information content (AvgIpc) is 2.60. The normalized spacial score (nSPS) is 14.6. The van der Waals surface area contributed by atoms with Crippen molar-refractivity contribution in [3.05, 3.63) is 28.3 Å². The van der Waals surface area contributed by atoms with Gasteiger partial charge in [-0.1, -0.05) is 6.07 Å². The quantitative estimate of drug-likeness (QED) is 0.685. The summed E-state index contributed by atoms with van der Waals surface area (Å²) in [6, 6.07) is 2.01. The maximum Gasteiger partial charge on any atom is 0.123 e. The Hall–Kier alpha value is -1.02. The van der Waals surface area contributed by atoms with E-state index in [1.807, 2.05) is 6.07 Å². The molecule has 2 heteroatoms. The number of phenolic OH excluding ortho intramolecular Hbond substituents is 1. The molecule has 0 fully saturated rings. The third kappa shape index (κ3) is 1.22. The number of benzene rings is 1. The summed E-state index contributed by atoms with van der Waals surface area (Å²) in [5, 5.41) is 9.85. The van der Waals surface area contributed by atoms with Crippen LogP contribution in [-0.4, -0.2) is 5.11 Å². The van der Waals surface area contributed by atoms with E-state index in [2.05, 4.69) is 6.92 Å². The Morgan fingerprint density at radius 2 is 2.08 bits per heavy atom. The molecule has 1 aromatic carbocycles. The largest absolute Gasteiger partial charge is 0.507 e. The van der Waals surface area contributed by atoms with Crippen LogP contribution in [0.25, 0.3) is 0 Å². The van der Waals surface area contributed by atoms with Gasteiger partial charge in [0.2, 0.25) is 0 Å². The minimum atomic E-state index is 0.431. The molecule has 0 spiro atoms. The fraction of sp³-hybridized carbons (Fsp3) is 0.455. The second-order valence-electron chi connectivity index (χ2n) is 3.72. The van der Waals surface area contributed by atoms with E-state index in [4.69, 9.17) is 5.73 Å². The summed E-state index contributed by atoms with van der Waals surface area (Å²) in [5.41, 5.74) is 10.2. The first-order valence-electron chi connectivity index (χ1n) is 4.77. The van der Waals surface area contributed by atoms with Gasteiger partial charge in [0.25, 0.3) is 0 Å². The molecule has 0 aromatic heterocycles. The molecule has 1 aromatic rings. The summed E-state index contributed by atoms with van der Waals surface area (Å²) in [5.74, 6) is 0.445. The van der Waals surface area contributed by atoms with Crippen molar-refractivity contribution >= 4 is 0 Å². The second-order valence-corrected chi connectivity index (χ2v) is 3.72. The van der Waals surface area contributed by atoms with E-state index >= 15 is 0 Å². The first-order valence-corrected chi connectivity index (χ1v) is 4.77. The number of hydrogen-bond donors (Lipinski definition) is 2. The molecule has 2 nitrogen and oxygen atoms in total. The van der Waals surface area contributed by atoms with E-state index in [9.17, 15) is 5.11 Å². The van der Waals surface area contributed by atoms with E-state index in [1.54, 1.807) is 0 Å². The van der Waals surface area contributed by atoms with Crippen molar-refractivity contribution in [1.82, 2.24) is 0 Å². The Morgan fingerprint density at radius 1 is 1.38 bits per heavy atom. The highest BCUT2D eigenvalue weighted by Crippen LogP contribution is 2.34. The summed E-state index contributed by atoms with van der Waals surface area (Å²) < 4.78 is 0. The van der Waals surface area contributed by atoms with Crippen molar-refractivity contribution in [2.75, 3.05) is 0 Å². The molecule has 70 valence electrons. The molecular formula is C11H15NO. The summed E-state index contributed by atoms with van der Waals surface area (Å²) in [7, 11) is 0. The number of rotatable bonds is 1. The lowest BCUT2D eigenvalue weighted by molar-refractivity contribution is 0.462. The Kier molecular flexibility index (Phi) is 2.00. The molecule has 2 rings (SSSR count). The van der Waals surface area contributed by atoms with Crippen LogP contribution in [0.5, 0.6) is 5.75 Å². The van der Waals surface area contributed by atoms with Crippen LogP contribution >= 0.6 is 0 Å². The van der Waals surface area contributed by atoms with Crippen molar-refractivity contribution in [3.63, 3.8) is 0 Å². The Labute approximate surface area is 78.4 Å². The van der Waals surface area contributed by atoms with E-state index < -0.39 is 0 Å². The highest BCUT2D eigenvalue weighted by Gasteiger charge is 2.19. The maximum atomic E-state index is 9.85. The Bertz CT molecular complexity index is 344. The van der Waals surface area contributed by atoms with Crippen LogP contribution in [0.3, 0.4) is 0 Å². The van der Waals surface area contributed by atoms with E-state index in [-0.39, 0.29) is 0 Å². The Balaban J connectivity index is 2.62. The van der Waals surface area contributed by atoms with Crippen LogP contribution in [0.4, 0.5) is 0 Å². The van der Waals surface area contributed by atoms with Crippen LogP contribution < -0.4 is 5.73 Å². The number of nitrogens with two attached hydrogens (primary N) is 1. The lowest BCUT2D eigenvalue weighted by Gasteiger charge is -2.10. The standard InChI is InChI=1S/C11H15NO/c1-7-5-8(6-12)11(13)10-4-2-3-9(7)10/h5,13H,2-4,6,12H2,1H3. The van der Waals surface area contributed by atoms with E-state index in [0.717, 1.165) is 30.4 Å².